The molecule has 2 rings (SSSR count). The van der Waals surface area contributed by atoms with Gasteiger partial charge in [-0.3, -0.25) is 0 Å². The molecule has 0 saturated heterocycles. The van der Waals surface area contributed by atoms with E-state index in [4.69, 9.17) is 9.84 Å². The maximum atomic E-state index is 8.94. The highest BCUT2D eigenvalue weighted by atomic mass is 16.5. The van der Waals surface area contributed by atoms with Crippen LogP contribution in [0.25, 0.3) is 0 Å². The molecule has 18 heavy (non-hydrogen) atoms. The Morgan fingerprint density at radius 2 is 2.00 bits per heavy atom. The molecule has 0 aliphatic carbocycles. The molecule has 0 amide bonds. The lowest BCUT2D eigenvalue weighted by Gasteiger charge is -2.07. The van der Waals surface area contributed by atoms with E-state index in [1.807, 2.05) is 24.3 Å². The summed E-state index contributed by atoms with van der Waals surface area (Å²) in [6, 6.07) is 9.56. The van der Waals surface area contributed by atoms with Gasteiger partial charge in [0.25, 0.3) is 0 Å². The molecule has 1 aromatic carbocycles. The summed E-state index contributed by atoms with van der Waals surface area (Å²) in [5.74, 6) is 1.95. The van der Waals surface area contributed by atoms with Gasteiger partial charge >= 0.3 is 0 Å². The first kappa shape index (κ1) is 12.3. The van der Waals surface area contributed by atoms with Crippen LogP contribution in [-0.4, -0.2) is 22.2 Å². The van der Waals surface area contributed by atoms with Crippen LogP contribution in [0.5, 0.6) is 5.75 Å². The van der Waals surface area contributed by atoms with Crippen molar-refractivity contribution >= 4 is 5.82 Å². The Balaban J connectivity index is 1.97. The molecule has 5 heteroatoms. The zero-order chi connectivity index (χ0) is 12.8. The van der Waals surface area contributed by atoms with Gasteiger partial charge in [-0.15, -0.1) is 0 Å². The van der Waals surface area contributed by atoms with Crippen molar-refractivity contribution in [1.82, 2.24) is 9.97 Å². The van der Waals surface area contributed by atoms with Gasteiger partial charge in [-0.05, 0) is 23.8 Å². The highest BCUT2D eigenvalue weighted by molar-refractivity contribution is 5.35. The summed E-state index contributed by atoms with van der Waals surface area (Å²) >= 11 is 0. The SMILES string of the molecule is COc1ccc(CNc2ccnc(CO)n2)cc1. The second-order valence-corrected chi connectivity index (χ2v) is 3.72. The van der Waals surface area contributed by atoms with Gasteiger partial charge in [-0.1, -0.05) is 12.1 Å². The molecular formula is C13H15N3O2. The average Bonchev–Trinajstić information content (AvgIpc) is 2.46. The van der Waals surface area contributed by atoms with Crippen molar-refractivity contribution < 1.29 is 9.84 Å². The molecule has 0 aliphatic heterocycles. The molecule has 1 aromatic heterocycles. The molecular weight excluding hydrogens is 230 g/mol. The summed E-state index contributed by atoms with van der Waals surface area (Å²) in [5, 5.41) is 12.1. The quantitative estimate of drug-likeness (QED) is 0.837. The van der Waals surface area contributed by atoms with Crippen LogP contribution in [0.15, 0.2) is 36.5 Å². The summed E-state index contributed by atoms with van der Waals surface area (Å²) in [7, 11) is 1.64. The van der Waals surface area contributed by atoms with Crippen molar-refractivity contribution in [2.75, 3.05) is 12.4 Å². The normalized spacial score (nSPS) is 10.1. The van der Waals surface area contributed by atoms with Crippen molar-refractivity contribution in [1.29, 1.82) is 0 Å². The minimum Gasteiger partial charge on any atom is -0.497 e. The first-order chi connectivity index (χ1) is 8.81. The van der Waals surface area contributed by atoms with E-state index in [1.54, 1.807) is 19.4 Å². The number of nitrogens with one attached hydrogen (secondary N) is 1. The number of nitrogens with zero attached hydrogens (tertiary/aromatic N) is 2. The van der Waals surface area contributed by atoms with Crippen molar-refractivity contribution in [3.05, 3.63) is 47.9 Å². The third-order valence-electron chi connectivity index (χ3n) is 2.48. The highest BCUT2D eigenvalue weighted by Gasteiger charge is 1.98. The average molecular weight is 245 g/mol. The zero-order valence-corrected chi connectivity index (χ0v) is 10.1. The van der Waals surface area contributed by atoms with Gasteiger partial charge in [0.1, 0.15) is 18.2 Å². The highest BCUT2D eigenvalue weighted by Crippen LogP contribution is 2.12. The largest absolute Gasteiger partial charge is 0.497 e. The van der Waals surface area contributed by atoms with Gasteiger partial charge in [0.05, 0.1) is 7.11 Å². The predicted octanol–water partition coefficient (Wildman–Crippen LogP) is 1.59. The van der Waals surface area contributed by atoms with E-state index >= 15 is 0 Å². The van der Waals surface area contributed by atoms with Gasteiger partial charge in [0, 0.05) is 12.7 Å². The molecule has 94 valence electrons. The van der Waals surface area contributed by atoms with E-state index in [0.717, 1.165) is 11.3 Å². The number of hydrogen-bond donors (Lipinski definition) is 2. The Bertz CT molecular complexity index is 500. The summed E-state index contributed by atoms with van der Waals surface area (Å²) in [5.41, 5.74) is 1.12. The summed E-state index contributed by atoms with van der Waals surface area (Å²) in [4.78, 5) is 8.06. The lowest BCUT2D eigenvalue weighted by atomic mass is 10.2. The second-order valence-electron chi connectivity index (χ2n) is 3.72. The monoisotopic (exact) mass is 245 g/mol. The number of hydrogen-bond acceptors (Lipinski definition) is 5. The molecule has 0 fully saturated rings. The Morgan fingerprint density at radius 3 is 2.67 bits per heavy atom. The molecule has 0 atom stereocenters. The van der Waals surface area contributed by atoms with E-state index < -0.39 is 0 Å². The standard InChI is InChI=1S/C13H15N3O2/c1-18-11-4-2-10(3-5-11)8-15-12-6-7-14-13(9-17)16-12/h2-7,17H,8-9H2,1H3,(H,14,15,16). The van der Waals surface area contributed by atoms with E-state index in [-0.39, 0.29) is 6.61 Å². The fourth-order valence-electron chi connectivity index (χ4n) is 1.51. The third-order valence-corrected chi connectivity index (χ3v) is 2.48. The van der Waals surface area contributed by atoms with Gasteiger partial charge in [-0.2, -0.15) is 0 Å². The van der Waals surface area contributed by atoms with Crippen LogP contribution in [0.3, 0.4) is 0 Å². The van der Waals surface area contributed by atoms with Gasteiger partial charge < -0.3 is 15.2 Å². The Kier molecular flexibility index (Phi) is 4.09. The molecule has 0 radical (unpaired) electrons. The number of anilines is 1. The van der Waals surface area contributed by atoms with E-state index in [2.05, 4.69) is 15.3 Å². The molecule has 0 saturated carbocycles. The Hall–Kier alpha value is -2.14. The lowest BCUT2D eigenvalue weighted by Crippen LogP contribution is -2.04. The van der Waals surface area contributed by atoms with Crippen LogP contribution in [0.2, 0.25) is 0 Å². The van der Waals surface area contributed by atoms with Crippen molar-refractivity contribution in [3.63, 3.8) is 0 Å². The molecule has 0 bridgehead atoms. The van der Waals surface area contributed by atoms with Crippen molar-refractivity contribution in [3.8, 4) is 5.75 Å². The van der Waals surface area contributed by atoms with Gasteiger partial charge in [-0.25, -0.2) is 9.97 Å². The molecule has 0 aliphatic rings. The number of methoxy groups -OCH3 is 1. The number of aliphatic hydroxyl groups is 1. The maximum Gasteiger partial charge on any atom is 0.156 e. The molecule has 0 unspecified atom stereocenters. The van der Waals surface area contributed by atoms with Gasteiger partial charge in [0.15, 0.2) is 5.82 Å². The number of benzene rings is 1. The minimum absolute atomic E-state index is 0.155. The zero-order valence-electron chi connectivity index (χ0n) is 10.1. The lowest BCUT2D eigenvalue weighted by molar-refractivity contribution is 0.271. The van der Waals surface area contributed by atoms with Gasteiger partial charge in [0.2, 0.25) is 0 Å². The van der Waals surface area contributed by atoms with Crippen molar-refractivity contribution in [2.45, 2.75) is 13.2 Å². The summed E-state index contributed by atoms with van der Waals surface area (Å²) in [6.07, 6.45) is 1.62. The van der Waals surface area contributed by atoms with Crippen LogP contribution in [0, 0.1) is 0 Å². The number of ether oxygens (including phenoxy) is 1. The first-order valence-electron chi connectivity index (χ1n) is 5.61. The topological polar surface area (TPSA) is 67.3 Å². The fourth-order valence-corrected chi connectivity index (χ4v) is 1.51. The van der Waals surface area contributed by atoms with Crippen LogP contribution in [0.4, 0.5) is 5.82 Å². The van der Waals surface area contributed by atoms with Crippen LogP contribution >= 0.6 is 0 Å². The molecule has 0 spiro atoms. The summed E-state index contributed by atoms with van der Waals surface area (Å²) in [6.45, 7) is 0.504. The Labute approximate surface area is 105 Å². The smallest absolute Gasteiger partial charge is 0.156 e. The van der Waals surface area contributed by atoms with E-state index in [9.17, 15) is 0 Å². The van der Waals surface area contributed by atoms with E-state index in [1.165, 1.54) is 0 Å². The molecule has 2 N–H and O–H groups in total. The Morgan fingerprint density at radius 1 is 1.22 bits per heavy atom. The van der Waals surface area contributed by atoms with E-state index in [0.29, 0.717) is 18.2 Å². The third kappa shape index (κ3) is 3.18. The number of rotatable bonds is 5. The second kappa shape index (κ2) is 5.97. The van der Waals surface area contributed by atoms with Crippen molar-refractivity contribution in [2.24, 2.45) is 0 Å². The van der Waals surface area contributed by atoms with Crippen LogP contribution in [-0.2, 0) is 13.2 Å². The minimum atomic E-state index is -0.155. The molecule has 1 heterocycles. The fraction of sp³-hybridized carbons (Fsp3) is 0.231. The van der Waals surface area contributed by atoms with Crippen LogP contribution < -0.4 is 10.1 Å². The first-order valence-corrected chi connectivity index (χ1v) is 5.61. The number of aromatic nitrogens is 2. The molecule has 5 nitrogen and oxygen atoms in total. The summed E-state index contributed by atoms with van der Waals surface area (Å²) < 4.78 is 5.09. The number of aliphatic hydroxyl groups excluding tert-OH is 1. The van der Waals surface area contributed by atoms with Crippen LogP contribution in [0.1, 0.15) is 11.4 Å². The molecule has 2 aromatic rings. The predicted molar refractivity (Wildman–Crippen MR) is 68.3 cm³/mol. The maximum absolute atomic E-state index is 8.94.